The largest absolute Gasteiger partial charge is 0.497 e. The van der Waals surface area contributed by atoms with Crippen LogP contribution in [-0.4, -0.2) is 37.5 Å². The number of amides is 2. The predicted octanol–water partition coefficient (Wildman–Crippen LogP) is 4.36. The molecule has 0 aromatic heterocycles. The van der Waals surface area contributed by atoms with Crippen LogP contribution in [-0.2, 0) is 22.6 Å². The summed E-state index contributed by atoms with van der Waals surface area (Å²) in [6.45, 7) is 3.23. The van der Waals surface area contributed by atoms with Gasteiger partial charge < -0.3 is 14.4 Å². The molecule has 2 aliphatic rings. The number of ether oxygens (including phenoxy) is 2. The van der Waals surface area contributed by atoms with E-state index in [9.17, 15) is 9.59 Å². The Balaban J connectivity index is 1.63. The van der Waals surface area contributed by atoms with Crippen molar-refractivity contribution >= 4 is 23.1 Å². The van der Waals surface area contributed by atoms with Gasteiger partial charge in [0.25, 0.3) is 11.8 Å². The summed E-state index contributed by atoms with van der Waals surface area (Å²) in [6.07, 6.45) is 0.814. The van der Waals surface area contributed by atoms with Crippen LogP contribution < -0.4 is 14.4 Å². The highest BCUT2D eigenvalue weighted by Gasteiger charge is 2.44. The quantitative estimate of drug-likeness (QED) is 0.537. The van der Waals surface area contributed by atoms with Crippen molar-refractivity contribution in [2.75, 3.05) is 25.7 Å². The van der Waals surface area contributed by atoms with Gasteiger partial charge in [-0.3, -0.25) is 9.59 Å². The number of rotatable bonds is 5. The summed E-state index contributed by atoms with van der Waals surface area (Å²) in [5, 5.41) is 0. The SMILES string of the molecule is COc1ccc(N2C(=O)C(c3ccc(C)cc3)=C(N3CCc4ccccc4C3)C2=O)c(OC)c1. The van der Waals surface area contributed by atoms with Gasteiger partial charge in [0.15, 0.2) is 0 Å². The number of fused-ring (bicyclic) bond motifs is 1. The summed E-state index contributed by atoms with van der Waals surface area (Å²) in [7, 11) is 3.07. The highest BCUT2D eigenvalue weighted by molar-refractivity contribution is 6.45. The van der Waals surface area contributed by atoms with Crippen LogP contribution in [0.1, 0.15) is 22.3 Å². The van der Waals surface area contributed by atoms with Gasteiger partial charge in [0.1, 0.15) is 17.2 Å². The number of benzene rings is 3. The summed E-state index contributed by atoms with van der Waals surface area (Å²) >= 11 is 0. The summed E-state index contributed by atoms with van der Waals surface area (Å²) < 4.78 is 10.8. The number of aryl methyl sites for hydroxylation is 1. The lowest BCUT2D eigenvalue weighted by molar-refractivity contribution is -0.120. The van der Waals surface area contributed by atoms with Crippen molar-refractivity contribution in [3.05, 3.63) is 94.7 Å². The lowest BCUT2D eigenvalue weighted by atomic mass is 9.97. The molecule has 0 aliphatic carbocycles. The summed E-state index contributed by atoms with van der Waals surface area (Å²) in [5.74, 6) is 0.281. The lowest BCUT2D eigenvalue weighted by Gasteiger charge is -2.31. The number of carbonyl (C=O) groups is 2. The number of nitrogens with zero attached hydrogens (tertiary/aromatic N) is 2. The molecular weight excluding hydrogens is 428 g/mol. The van der Waals surface area contributed by atoms with Crippen LogP contribution in [0.25, 0.3) is 5.57 Å². The zero-order valence-electron chi connectivity index (χ0n) is 19.5. The molecule has 172 valence electrons. The van der Waals surface area contributed by atoms with Gasteiger partial charge in [-0.15, -0.1) is 0 Å². The molecule has 5 rings (SSSR count). The Morgan fingerprint density at radius 2 is 1.56 bits per heavy atom. The average Bonchev–Trinajstić information content (AvgIpc) is 3.13. The van der Waals surface area contributed by atoms with Crippen molar-refractivity contribution < 1.29 is 19.1 Å². The topological polar surface area (TPSA) is 59.1 Å². The number of hydrogen-bond acceptors (Lipinski definition) is 5. The second-order valence-electron chi connectivity index (χ2n) is 8.51. The van der Waals surface area contributed by atoms with Crippen LogP contribution in [0.3, 0.4) is 0 Å². The van der Waals surface area contributed by atoms with Gasteiger partial charge in [-0.25, -0.2) is 4.90 Å². The minimum atomic E-state index is -0.355. The minimum Gasteiger partial charge on any atom is -0.497 e. The molecule has 0 saturated carbocycles. The van der Waals surface area contributed by atoms with Crippen LogP contribution >= 0.6 is 0 Å². The van der Waals surface area contributed by atoms with Crippen molar-refractivity contribution in [3.8, 4) is 11.5 Å². The molecule has 6 heteroatoms. The third kappa shape index (κ3) is 3.61. The van der Waals surface area contributed by atoms with E-state index in [1.54, 1.807) is 25.3 Å². The van der Waals surface area contributed by atoms with Crippen LogP contribution in [0.15, 0.2) is 72.4 Å². The smallest absolute Gasteiger partial charge is 0.282 e. The molecule has 0 fully saturated rings. The van der Waals surface area contributed by atoms with Crippen LogP contribution in [0.2, 0.25) is 0 Å². The predicted molar refractivity (Wildman–Crippen MR) is 131 cm³/mol. The van der Waals surface area contributed by atoms with E-state index in [-0.39, 0.29) is 11.8 Å². The molecule has 3 aromatic carbocycles. The first-order valence-corrected chi connectivity index (χ1v) is 11.3. The van der Waals surface area contributed by atoms with Crippen LogP contribution in [0.4, 0.5) is 5.69 Å². The van der Waals surface area contributed by atoms with E-state index in [0.717, 1.165) is 17.5 Å². The molecule has 2 aliphatic heterocycles. The summed E-state index contributed by atoms with van der Waals surface area (Å²) in [6, 6.07) is 21.1. The fourth-order valence-corrected chi connectivity index (χ4v) is 4.67. The molecule has 2 heterocycles. The Morgan fingerprint density at radius 1 is 0.824 bits per heavy atom. The normalized spacial score (nSPS) is 15.6. The number of hydrogen-bond donors (Lipinski definition) is 0. The summed E-state index contributed by atoms with van der Waals surface area (Å²) in [5.41, 5.74) is 5.52. The Labute approximate surface area is 199 Å². The highest BCUT2D eigenvalue weighted by atomic mass is 16.5. The minimum absolute atomic E-state index is 0.344. The Morgan fingerprint density at radius 3 is 2.26 bits per heavy atom. The first kappa shape index (κ1) is 21.8. The standard InChI is InChI=1S/C28H26N2O4/c1-18-8-10-20(11-9-18)25-26(29-15-14-19-6-4-5-7-21(19)17-29)28(32)30(27(25)31)23-13-12-22(33-2)16-24(23)34-3/h4-13,16H,14-15,17H2,1-3H3. The van der Waals surface area contributed by atoms with Gasteiger partial charge in [-0.2, -0.15) is 0 Å². The zero-order chi connectivity index (χ0) is 23.8. The lowest BCUT2D eigenvalue weighted by Crippen LogP contribution is -2.37. The zero-order valence-corrected chi connectivity index (χ0v) is 19.5. The van der Waals surface area contributed by atoms with Crippen LogP contribution in [0.5, 0.6) is 11.5 Å². The van der Waals surface area contributed by atoms with Crippen molar-refractivity contribution in [2.45, 2.75) is 19.9 Å². The first-order chi connectivity index (χ1) is 16.5. The number of anilines is 1. The molecule has 0 bridgehead atoms. The maximum absolute atomic E-state index is 13.9. The first-order valence-electron chi connectivity index (χ1n) is 11.3. The van der Waals surface area contributed by atoms with Gasteiger partial charge in [0.2, 0.25) is 0 Å². The van der Waals surface area contributed by atoms with Gasteiger partial charge in [-0.05, 0) is 42.2 Å². The van der Waals surface area contributed by atoms with E-state index < -0.39 is 0 Å². The van der Waals surface area contributed by atoms with Gasteiger partial charge in [0.05, 0.1) is 25.5 Å². The van der Waals surface area contributed by atoms with E-state index in [4.69, 9.17) is 9.47 Å². The molecule has 0 unspecified atom stereocenters. The molecule has 0 saturated heterocycles. The Hall–Kier alpha value is -4.06. The molecule has 6 nitrogen and oxygen atoms in total. The fraction of sp³-hybridized carbons (Fsp3) is 0.214. The van der Waals surface area contributed by atoms with Crippen LogP contribution in [0, 0.1) is 6.92 Å². The fourth-order valence-electron chi connectivity index (χ4n) is 4.67. The second-order valence-corrected chi connectivity index (χ2v) is 8.51. The molecule has 2 amide bonds. The monoisotopic (exact) mass is 454 g/mol. The average molecular weight is 455 g/mol. The van der Waals surface area contributed by atoms with Crippen molar-refractivity contribution in [2.24, 2.45) is 0 Å². The maximum Gasteiger partial charge on any atom is 0.282 e. The third-order valence-electron chi connectivity index (χ3n) is 6.47. The van der Waals surface area contributed by atoms with Crippen molar-refractivity contribution in [3.63, 3.8) is 0 Å². The molecule has 0 atom stereocenters. The molecular formula is C28H26N2O4. The molecule has 0 N–H and O–H groups in total. The molecule has 0 radical (unpaired) electrons. The summed E-state index contributed by atoms with van der Waals surface area (Å²) in [4.78, 5) is 31.0. The highest BCUT2D eigenvalue weighted by Crippen LogP contribution is 2.41. The molecule has 34 heavy (non-hydrogen) atoms. The van der Waals surface area contributed by atoms with E-state index in [0.29, 0.717) is 41.5 Å². The Kier molecular flexibility index (Phi) is 5.57. The maximum atomic E-state index is 13.9. The van der Waals surface area contributed by atoms with E-state index in [1.165, 1.54) is 23.1 Å². The number of imide groups is 1. The van der Waals surface area contributed by atoms with E-state index in [2.05, 4.69) is 12.1 Å². The van der Waals surface area contributed by atoms with Crippen molar-refractivity contribution in [1.29, 1.82) is 0 Å². The van der Waals surface area contributed by atoms with E-state index in [1.807, 2.05) is 48.2 Å². The molecule has 0 spiro atoms. The third-order valence-corrected chi connectivity index (χ3v) is 6.47. The number of methoxy groups -OCH3 is 2. The molecule has 3 aromatic rings. The number of carbonyl (C=O) groups excluding carboxylic acids is 2. The van der Waals surface area contributed by atoms with Crippen molar-refractivity contribution in [1.82, 2.24) is 4.90 Å². The van der Waals surface area contributed by atoms with Gasteiger partial charge >= 0.3 is 0 Å². The Bertz CT molecular complexity index is 1310. The van der Waals surface area contributed by atoms with Gasteiger partial charge in [0, 0.05) is 19.2 Å². The second kappa shape index (κ2) is 8.71. The van der Waals surface area contributed by atoms with Gasteiger partial charge in [-0.1, -0.05) is 54.1 Å². The van der Waals surface area contributed by atoms with E-state index >= 15 is 0 Å².